The van der Waals surface area contributed by atoms with Crippen molar-refractivity contribution in [3.8, 4) is 0 Å². The van der Waals surface area contributed by atoms with E-state index in [1.54, 1.807) is 5.56 Å². The van der Waals surface area contributed by atoms with E-state index < -0.39 is 0 Å². The lowest BCUT2D eigenvalue weighted by molar-refractivity contribution is 0.155. The Morgan fingerprint density at radius 1 is 1.05 bits per heavy atom. The Morgan fingerprint density at radius 2 is 1.89 bits per heavy atom. The standard InChI is InChI=1S/C18H25N/c1-2-4-14(5-3-1)11-18(13-19-17-8-9-17)12-15-6-7-16(18)10-15/h1-5,15-17,19H,6-13H2/t15-,16+,18+/m0/s1. The molecule has 0 aromatic heterocycles. The summed E-state index contributed by atoms with van der Waals surface area (Å²) in [5.74, 6) is 2.03. The van der Waals surface area contributed by atoms with E-state index in [1.165, 1.54) is 51.5 Å². The largest absolute Gasteiger partial charge is 0.313 e. The number of hydrogen-bond donors (Lipinski definition) is 1. The van der Waals surface area contributed by atoms with Crippen molar-refractivity contribution in [2.75, 3.05) is 6.54 Å². The van der Waals surface area contributed by atoms with Crippen LogP contribution in [0.3, 0.4) is 0 Å². The summed E-state index contributed by atoms with van der Waals surface area (Å²) in [7, 11) is 0. The first-order chi connectivity index (χ1) is 9.34. The minimum atomic E-state index is 0.576. The van der Waals surface area contributed by atoms with Gasteiger partial charge in [-0.3, -0.25) is 0 Å². The van der Waals surface area contributed by atoms with Crippen LogP contribution in [-0.4, -0.2) is 12.6 Å². The number of nitrogens with one attached hydrogen (secondary N) is 1. The second kappa shape index (κ2) is 4.63. The maximum Gasteiger partial charge on any atom is 0.00684 e. The van der Waals surface area contributed by atoms with Crippen LogP contribution in [0.1, 0.15) is 44.1 Å². The first kappa shape index (κ1) is 12.0. The molecule has 3 aliphatic carbocycles. The molecule has 0 radical (unpaired) electrons. The zero-order valence-corrected chi connectivity index (χ0v) is 11.8. The van der Waals surface area contributed by atoms with Gasteiger partial charge in [-0.05, 0) is 61.3 Å². The highest BCUT2D eigenvalue weighted by Gasteiger charge is 2.50. The predicted octanol–water partition coefficient (Wildman–Crippen LogP) is 3.79. The molecule has 1 aromatic rings. The molecule has 1 nitrogen and oxygen atoms in total. The quantitative estimate of drug-likeness (QED) is 0.844. The SMILES string of the molecule is c1ccc(C[C@]2(CNC3CC3)C[C@H]3CC[C@@H]2C3)cc1. The van der Waals surface area contributed by atoms with Crippen molar-refractivity contribution in [2.24, 2.45) is 17.3 Å². The molecule has 0 spiro atoms. The van der Waals surface area contributed by atoms with Crippen LogP contribution in [0.4, 0.5) is 0 Å². The van der Waals surface area contributed by atoms with Crippen molar-refractivity contribution in [1.29, 1.82) is 0 Å². The van der Waals surface area contributed by atoms with E-state index in [2.05, 4.69) is 35.6 Å². The molecule has 102 valence electrons. The molecule has 1 heteroatoms. The van der Waals surface area contributed by atoms with Gasteiger partial charge in [0.1, 0.15) is 0 Å². The van der Waals surface area contributed by atoms with Crippen molar-refractivity contribution in [3.05, 3.63) is 35.9 Å². The van der Waals surface area contributed by atoms with Crippen molar-refractivity contribution in [3.63, 3.8) is 0 Å². The van der Waals surface area contributed by atoms with Crippen LogP contribution in [-0.2, 0) is 6.42 Å². The van der Waals surface area contributed by atoms with E-state index in [9.17, 15) is 0 Å². The molecule has 3 atom stereocenters. The molecular weight excluding hydrogens is 230 g/mol. The zero-order valence-electron chi connectivity index (χ0n) is 11.8. The lowest BCUT2D eigenvalue weighted by Crippen LogP contribution is -2.41. The molecule has 0 saturated heterocycles. The Morgan fingerprint density at radius 3 is 2.53 bits per heavy atom. The molecule has 0 aliphatic heterocycles. The summed E-state index contributed by atoms with van der Waals surface area (Å²) in [6.07, 6.45) is 10.1. The Bertz CT molecular complexity index is 436. The fourth-order valence-electron chi connectivity index (χ4n) is 4.69. The molecule has 0 heterocycles. The highest BCUT2D eigenvalue weighted by Crippen LogP contribution is 2.57. The predicted molar refractivity (Wildman–Crippen MR) is 79.1 cm³/mol. The van der Waals surface area contributed by atoms with Gasteiger partial charge in [0.2, 0.25) is 0 Å². The number of rotatable bonds is 5. The van der Waals surface area contributed by atoms with Gasteiger partial charge in [-0.2, -0.15) is 0 Å². The van der Waals surface area contributed by atoms with E-state index in [0.717, 1.165) is 17.9 Å². The zero-order chi connectivity index (χ0) is 12.7. The summed E-state index contributed by atoms with van der Waals surface area (Å²) < 4.78 is 0. The van der Waals surface area contributed by atoms with Crippen LogP contribution >= 0.6 is 0 Å². The molecule has 0 unspecified atom stereocenters. The van der Waals surface area contributed by atoms with Crippen LogP contribution in [0.15, 0.2) is 30.3 Å². The third-order valence-electron chi connectivity index (χ3n) is 5.82. The normalized spacial score (nSPS) is 36.8. The monoisotopic (exact) mass is 255 g/mol. The summed E-state index contributed by atoms with van der Waals surface area (Å²) in [5, 5.41) is 3.84. The van der Waals surface area contributed by atoms with Crippen molar-refractivity contribution >= 4 is 0 Å². The minimum absolute atomic E-state index is 0.576. The second-order valence-electron chi connectivity index (χ2n) is 7.26. The smallest absolute Gasteiger partial charge is 0.00684 e. The number of hydrogen-bond acceptors (Lipinski definition) is 1. The van der Waals surface area contributed by atoms with Gasteiger partial charge in [0.15, 0.2) is 0 Å². The van der Waals surface area contributed by atoms with Crippen molar-refractivity contribution < 1.29 is 0 Å². The molecule has 1 aromatic carbocycles. The lowest BCUT2D eigenvalue weighted by atomic mass is 9.69. The van der Waals surface area contributed by atoms with Gasteiger partial charge in [-0.25, -0.2) is 0 Å². The van der Waals surface area contributed by atoms with Crippen LogP contribution in [0.2, 0.25) is 0 Å². The Labute approximate surface area is 116 Å². The van der Waals surface area contributed by atoms with Gasteiger partial charge >= 0.3 is 0 Å². The third-order valence-corrected chi connectivity index (χ3v) is 5.82. The molecule has 4 rings (SSSR count). The van der Waals surface area contributed by atoms with Gasteiger partial charge < -0.3 is 5.32 Å². The maximum atomic E-state index is 3.84. The van der Waals surface area contributed by atoms with Crippen LogP contribution in [0.5, 0.6) is 0 Å². The second-order valence-corrected chi connectivity index (χ2v) is 7.26. The number of fused-ring (bicyclic) bond motifs is 2. The van der Waals surface area contributed by atoms with Gasteiger partial charge in [-0.1, -0.05) is 36.8 Å². The van der Waals surface area contributed by atoms with Gasteiger partial charge in [-0.15, -0.1) is 0 Å². The first-order valence-electron chi connectivity index (χ1n) is 8.11. The van der Waals surface area contributed by atoms with Crippen LogP contribution in [0.25, 0.3) is 0 Å². The average Bonchev–Trinajstić information content (AvgIpc) is 3.07. The van der Waals surface area contributed by atoms with E-state index in [0.29, 0.717) is 5.41 Å². The third kappa shape index (κ3) is 2.33. The molecule has 19 heavy (non-hydrogen) atoms. The maximum absolute atomic E-state index is 3.84. The van der Waals surface area contributed by atoms with Gasteiger partial charge in [0, 0.05) is 12.6 Å². The highest BCUT2D eigenvalue weighted by atomic mass is 15.0. The topological polar surface area (TPSA) is 12.0 Å². The summed E-state index contributed by atoms with van der Waals surface area (Å²) in [6.45, 7) is 1.27. The Hall–Kier alpha value is -0.820. The molecule has 3 fully saturated rings. The Kier molecular flexibility index (Phi) is 2.91. The van der Waals surface area contributed by atoms with Crippen LogP contribution in [0, 0.1) is 17.3 Å². The first-order valence-corrected chi connectivity index (χ1v) is 8.11. The molecule has 3 aliphatic rings. The highest BCUT2D eigenvalue weighted by molar-refractivity contribution is 5.19. The summed E-state index contributed by atoms with van der Waals surface area (Å²) in [6, 6.07) is 12.0. The fraction of sp³-hybridized carbons (Fsp3) is 0.667. The lowest BCUT2D eigenvalue weighted by Gasteiger charge is -2.38. The van der Waals surface area contributed by atoms with Gasteiger partial charge in [0.25, 0.3) is 0 Å². The average molecular weight is 255 g/mol. The van der Waals surface area contributed by atoms with Gasteiger partial charge in [0.05, 0.1) is 0 Å². The molecule has 0 amide bonds. The van der Waals surface area contributed by atoms with E-state index in [1.807, 2.05) is 0 Å². The molecular formula is C18H25N. The molecule has 1 N–H and O–H groups in total. The van der Waals surface area contributed by atoms with Crippen molar-refractivity contribution in [1.82, 2.24) is 5.32 Å². The van der Waals surface area contributed by atoms with E-state index in [4.69, 9.17) is 0 Å². The van der Waals surface area contributed by atoms with Crippen LogP contribution < -0.4 is 5.32 Å². The summed E-state index contributed by atoms with van der Waals surface area (Å²) >= 11 is 0. The van der Waals surface area contributed by atoms with E-state index in [-0.39, 0.29) is 0 Å². The summed E-state index contributed by atoms with van der Waals surface area (Å²) in [4.78, 5) is 0. The Balaban J connectivity index is 1.53. The summed E-state index contributed by atoms with van der Waals surface area (Å²) in [5.41, 5.74) is 2.12. The molecule has 3 saturated carbocycles. The molecule has 2 bridgehead atoms. The fourth-order valence-corrected chi connectivity index (χ4v) is 4.69. The van der Waals surface area contributed by atoms with E-state index >= 15 is 0 Å². The number of benzene rings is 1. The minimum Gasteiger partial charge on any atom is -0.313 e. The van der Waals surface area contributed by atoms with Crippen molar-refractivity contribution in [2.45, 2.75) is 51.0 Å².